The summed E-state index contributed by atoms with van der Waals surface area (Å²) in [6.07, 6.45) is 5.21. The van der Waals surface area contributed by atoms with E-state index in [9.17, 15) is 4.39 Å². The van der Waals surface area contributed by atoms with Crippen molar-refractivity contribution in [2.24, 2.45) is 0 Å². The van der Waals surface area contributed by atoms with Crippen LogP contribution in [0.4, 0.5) is 4.39 Å². The molecule has 3 heteroatoms. The van der Waals surface area contributed by atoms with Gasteiger partial charge >= 0.3 is 0 Å². The van der Waals surface area contributed by atoms with Crippen molar-refractivity contribution in [2.45, 2.75) is 18.8 Å². The van der Waals surface area contributed by atoms with Crippen LogP contribution in [0.5, 0.6) is 0 Å². The Bertz CT molecular complexity index is 282. The number of nitrogens with one attached hydrogen (secondary N) is 1. The van der Waals surface area contributed by atoms with E-state index in [-0.39, 0.29) is 5.82 Å². The van der Waals surface area contributed by atoms with E-state index in [1.165, 1.54) is 6.20 Å². The molecule has 2 heterocycles. The number of rotatable bonds is 1. The molecule has 1 aromatic rings. The highest BCUT2D eigenvalue weighted by molar-refractivity contribution is 5.16. The summed E-state index contributed by atoms with van der Waals surface area (Å²) < 4.78 is 12.8. The molecule has 0 atom stereocenters. The number of aromatic nitrogens is 1. The van der Waals surface area contributed by atoms with Crippen LogP contribution in [0.15, 0.2) is 18.5 Å². The standard InChI is InChI=1S/C10H13FN2/c11-10-5-9(6-13-7-10)8-1-3-12-4-2-8/h5-8,12H,1-4H2. The van der Waals surface area contributed by atoms with Gasteiger partial charge in [-0.3, -0.25) is 4.98 Å². The van der Waals surface area contributed by atoms with Crippen molar-refractivity contribution in [1.29, 1.82) is 0 Å². The van der Waals surface area contributed by atoms with Crippen molar-refractivity contribution >= 4 is 0 Å². The Labute approximate surface area is 77.2 Å². The lowest BCUT2D eigenvalue weighted by atomic mass is 9.91. The summed E-state index contributed by atoms with van der Waals surface area (Å²) in [6.45, 7) is 2.06. The van der Waals surface area contributed by atoms with E-state index in [0.29, 0.717) is 5.92 Å². The van der Waals surface area contributed by atoms with E-state index < -0.39 is 0 Å². The number of halogens is 1. The molecule has 0 spiro atoms. The molecule has 0 aromatic carbocycles. The van der Waals surface area contributed by atoms with Gasteiger partial charge in [-0.15, -0.1) is 0 Å². The van der Waals surface area contributed by atoms with Gasteiger partial charge < -0.3 is 5.32 Å². The van der Waals surface area contributed by atoms with E-state index in [2.05, 4.69) is 10.3 Å². The Morgan fingerprint density at radius 1 is 1.31 bits per heavy atom. The molecule has 70 valence electrons. The molecule has 1 aromatic heterocycles. The number of nitrogens with zero attached hydrogens (tertiary/aromatic N) is 1. The molecule has 0 aliphatic carbocycles. The molecule has 1 aliphatic heterocycles. The Morgan fingerprint density at radius 3 is 2.77 bits per heavy atom. The minimum Gasteiger partial charge on any atom is -0.317 e. The van der Waals surface area contributed by atoms with Gasteiger partial charge in [0, 0.05) is 6.20 Å². The smallest absolute Gasteiger partial charge is 0.141 e. The molecular weight excluding hydrogens is 167 g/mol. The highest BCUT2D eigenvalue weighted by Crippen LogP contribution is 2.24. The van der Waals surface area contributed by atoms with Crippen molar-refractivity contribution < 1.29 is 4.39 Å². The molecule has 1 fully saturated rings. The van der Waals surface area contributed by atoms with Crippen molar-refractivity contribution in [3.63, 3.8) is 0 Å². The van der Waals surface area contributed by atoms with E-state index in [4.69, 9.17) is 0 Å². The lowest BCUT2D eigenvalue weighted by molar-refractivity contribution is 0.457. The molecular formula is C10H13FN2. The average Bonchev–Trinajstić information content (AvgIpc) is 2.19. The van der Waals surface area contributed by atoms with Crippen molar-refractivity contribution in [3.8, 4) is 0 Å². The maximum atomic E-state index is 12.8. The number of hydrogen-bond donors (Lipinski definition) is 1. The summed E-state index contributed by atoms with van der Waals surface area (Å²) in [5, 5.41) is 3.28. The Balaban J connectivity index is 2.14. The first-order valence-electron chi connectivity index (χ1n) is 4.67. The zero-order chi connectivity index (χ0) is 9.10. The monoisotopic (exact) mass is 180 g/mol. The number of hydrogen-bond acceptors (Lipinski definition) is 2. The quantitative estimate of drug-likeness (QED) is 0.711. The van der Waals surface area contributed by atoms with E-state index in [1.807, 2.05) is 0 Å². The molecule has 0 amide bonds. The van der Waals surface area contributed by atoms with Gasteiger partial charge in [-0.25, -0.2) is 4.39 Å². The summed E-state index contributed by atoms with van der Waals surface area (Å²) in [7, 11) is 0. The molecule has 13 heavy (non-hydrogen) atoms. The van der Waals surface area contributed by atoms with Gasteiger partial charge in [0.2, 0.25) is 0 Å². The van der Waals surface area contributed by atoms with Gasteiger partial charge in [0.1, 0.15) is 5.82 Å². The minimum absolute atomic E-state index is 0.226. The zero-order valence-corrected chi connectivity index (χ0v) is 7.46. The van der Waals surface area contributed by atoms with Crippen LogP contribution in [0.2, 0.25) is 0 Å². The molecule has 1 aliphatic rings. The predicted molar refractivity (Wildman–Crippen MR) is 49.0 cm³/mol. The fraction of sp³-hybridized carbons (Fsp3) is 0.500. The lowest BCUT2D eigenvalue weighted by Gasteiger charge is -2.22. The van der Waals surface area contributed by atoms with Crippen LogP contribution < -0.4 is 5.32 Å². The summed E-state index contributed by atoms with van der Waals surface area (Å²) in [5.74, 6) is 0.264. The maximum Gasteiger partial charge on any atom is 0.141 e. The van der Waals surface area contributed by atoms with Crippen LogP contribution in [0, 0.1) is 5.82 Å². The van der Waals surface area contributed by atoms with Crippen LogP contribution in [0.25, 0.3) is 0 Å². The predicted octanol–water partition coefficient (Wildman–Crippen LogP) is 1.69. The molecule has 1 saturated heterocycles. The second-order valence-corrected chi connectivity index (χ2v) is 3.46. The average molecular weight is 180 g/mol. The molecule has 0 bridgehead atoms. The summed E-state index contributed by atoms with van der Waals surface area (Å²) >= 11 is 0. The molecule has 2 nitrogen and oxygen atoms in total. The fourth-order valence-electron chi connectivity index (χ4n) is 1.81. The fourth-order valence-corrected chi connectivity index (χ4v) is 1.81. The topological polar surface area (TPSA) is 24.9 Å². The van der Waals surface area contributed by atoms with E-state index in [1.54, 1.807) is 12.3 Å². The van der Waals surface area contributed by atoms with Gasteiger partial charge in [-0.2, -0.15) is 0 Å². The van der Waals surface area contributed by atoms with Gasteiger partial charge in [-0.1, -0.05) is 0 Å². The summed E-state index contributed by atoms with van der Waals surface area (Å²) in [4.78, 5) is 3.86. The van der Waals surface area contributed by atoms with Crippen molar-refractivity contribution in [1.82, 2.24) is 10.3 Å². The largest absolute Gasteiger partial charge is 0.317 e. The Hall–Kier alpha value is -0.960. The molecule has 2 rings (SSSR count). The second-order valence-electron chi connectivity index (χ2n) is 3.46. The van der Waals surface area contributed by atoms with Crippen LogP contribution in [0.1, 0.15) is 24.3 Å². The normalized spacial score (nSPS) is 18.8. The van der Waals surface area contributed by atoms with E-state index in [0.717, 1.165) is 31.5 Å². The van der Waals surface area contributed by atoms with Crippen molar-refractivity contribution in [3.05, 3.63) is 29.8 Å². The third kappa shape index (κ3) is 2.04. The third-order valence-corrected chi connectivity index (χ3v) is 2.54. The Kier molecular flexibility index (Phi) is 2.54. The van der Waals surface area contributed by atoms with Crippen molar-refractivity contribution in [2.75, 3.05) is 13.1 Å². The van der Waals surface area contributed by atoms with Gasteiger partial charge in [0.25, 0.3) is 0 Å². The van der Waals surface area contributed by atoms with Crippen LogP contribution >= 0.6 is 0 Å². The third-order valence-electron chi connectivity index (χ3n) is 2.54. The minimum atomic E-state index is -0.226. The maximum absolute atomic E-state index is 12.8. The highest BCUT2D eigenvalue weighted by atomic mass is 19.1. The van der Waals surface area contributed by atoms with Crippen LogP contribution in [-0.2, 0) is 0 Å². The molecule has 0 unspecified atom stereocenters. The first-order chi connectivity index (χ1) is 6.36. The number of pyridine rings is 1. The molecule has 0 saturated carbocycles. The molecule has 0 radical (unpaired) electrons. The van der Waals surface area contributed by atoms with Gasteiger partial charge in [-0.05, 0) is 43.5 Å². The number of piperidine rings is 1. The lowest BCUT2D eigenvalue weighted by Crippen LogP contribution is -2.26. The van der Waals surface area contributed by atoms with Gasteiger partial charge in [0.05, 0.1) is 6.20 Å². The highest BCUT2D eigenvalue weighted by Gasteiger charge is 2.15. The zero-order valence-electron chi connectivity index (χ0n) is 7.46. The van der Waals surface area contributed by atoms with Gasteiger partial charge in [0.15, 0.2) is 0 Å². The second kappa shape index (κ2) is 3.83. The molecule has 1 N–H and O–H groups in total. The van der Waals surface area contributed by atoms with Crippen LogP contribution in [0.3, 0.4) is 0 Å². The summed E-state index contributed by atoms with van der Waals surface area (Å²) in [5.41, 5.74) is 1.04. The Morgan fingerprint density at radius 2 is 2.08 bits per heavy atom. The van der Waals surface area contributed by atoms with E-state index >= 15 is 0 Å². The SMILES string of the molecule is Fc1cncc(C2CCNCC2)c1. The first kappa shape index (κ1) is 8.63. The summed E-state index contributed by atoms with van der Waals surface area (Å²) in [6, 6.07) is 1.60. The first-order valence-corrected chi connectivity index (χ1v) is 4.67. The van der Waals surface area contributed by atoms with Crippen LogP contribution in [-0.4, -0.2) is 18.1 Å².